The number of carbonyl (C=O) groups is 2. The van der Waals surface area contributed by atoms with E-state index in [-0.39, 0.29) is 36.6 Å². The number of hydrogen-bond acceptors (Lipinski definition) is 12. The standard InChI is InChI=1S/C27H30ClN5O7S2/c1-14-19(26-20-7-17(28)3-2-15(20)4-5-38-26)9-23(41-14)25(35)21-11-31-13-32-27(21)33-18-6-16(12-39-42(30,36)37)22(8-18)40-24(34)10-29/h2-3,7,9,11,13,16,18,22,26H,4-6,8,10,12,29H2,1H3,(H2,30,36,37)(H,31,32,33)/t16-,18+,22+,26+/m1/s1. The van der Waals surface area contributed by atoms with Gasteiger partial charge in [0.2, 0.25) is 5.78 Å². The SMILES string of the molecule is Cc1sc(C(=O)c2cncnc2N[C@H]2C[C@H](COS(N)(=O)=O)[C@@H](OC(=O)CN)C2)cc1[C@@H]1OCCc2ccc(Cl)cc21. The maximum Gasteiger partial charge on any atom is 0.333 e. The lowest BCUT2D eigenvalue weighted by Crippen LogP contribution is -2.30. The Kier molecular flexibility index (Phi) is 9.23. The number of fused-ring (bicyclic) bond motifs is 1. The average molecular weight is 636 g/mol. The normalized spacial score (nSPS) is 22.0. The molecule has 0 spiro atoms. The second kappa shape index (κ2) is 12.7. The van der Waals surface area contributed by atoms with Gasteiger partial charge in [-0.25, -0.2) is 15.1 Å². The van der Waals surface area contributed by atoms with Crippen LogP contribution in [0.2, 0.25) is 5.02 Å². The molecule has 5 rings (SSSR count). The number of nitrogens with two attached hydrogens (primary N) is 2. The van der Waals surface area contributed by atoms with Gasteiger partial charge in [-0.3, -0.25) is 13.8 Å². The van der Waals surface area contributed by atoms with Crippen molar-refractivity contribution in [3.05, 3.63) is 73.8 Å². The summed E-state index contributed by atoms with van der Waals surface area (Å²) in [6.45, 7) is 1.91. The maximum absolute atomic E-state index is 13.8. The molecule has 5 N–H and O–H groups in total. The van der Waals surface area contributed by atoms with Crippen LogP contribution in [0.15, 0.2) is 36.8 Å². The predicted molar refractivity (Wildman–Crippen MR) is 156 cm³/mol. The number of esters is 1. The first-order valence-corrected chi connectivity index (χ1v) is 15.9. The third-order valence-corrected chi connectivity index (χ3v) is 9.10. The number of benzene rings is 1. The average Bonchev–Trinajstić information content (AvgIpc) is 3.53. The van der Waals surface area contributed by atoms with Crippen LogP contribution >= 0.6 is 22.9 Å². The summed E-state index contributed by atoms with van der Waals surface area (Å²) in [5.41, 5.74) is 8.71. The van der Waals surface area contributed by atoms with Crippen LogP contribution in [0.1, 0.15) is 55.7 Å². The largest absolute Gasteiger partial charge is 0.461 e. The van der Waals surface area contributed by atoms with Crippen molar-refractivity contribution in [2.45, 2.75) is 44.4 Å². The number of thiophene rings is 1. The van der Waals surface area contributed by atoms with E-state index >= 15 is 0 Å². The van der Waals surface area contributed by atoms with E-state index in [0.29, 0.717) is 35.2 Å². The topological polar surface area (TPSA) is 186 Å². The lowest BCUT2D eigenvalue weighted by molar-refractivity contribution is -0.149. The minimum Gasteiger partial charge on any atom is -0.461 e. The number of aromatic nitrogens is 2. The molecule has 0 bridgehead atoms. The lowest BCUT2D eigenvalue weighted by atomic mass is 9.93. The van der Waals surface area contributed by atoms with E-state index in [9.17, 15) is 18.0 Å². The van der Waals surface area contributed by atoms with Gasteiger partial charge in [-0.2, -0.15) is 8.42 Å². The summed E-state index contributed by atoms with van der Waals surface area (Å²) in [5, 5.41) is 8.85. The number of aryl methyl sites for hydroxylation is 1. The van der Waals surface area contributed by atoms with Crippen molar-refractivity contribution in [3.63, 3.8) is 0 Å². The molecule has 42 heavy (non-hydrogen) atoms. The highest BCUT2D eigenvalue weighted by Gasteiger charge is 2.38. The Morgan fingerprint density at radius 2 is 2.05 bits per heavy atom. The summed E-state index contributed by atoms with van der Waals surface area (Å²) in [6.07, 6.45) is 3.22. The van der Waals surface area contributed by atoms with Gasteiger partial charge in [-0.1, -0.05) is 17.7 Å². The van der Waals surface area contributed by atoms with Crippen molar-refractivity contribution in [2.75, 3.05) is 25.1 Å². The van der Waals surface area contributed by atoms with Crippen molar-refractivity contribution < 1.29 is 31.7 Å². The second-order valence-corrected chi connectivity index (χ2v) is 13.1. The van der Waals surface area contributed by atoms with Crippen LogP contribution in [-0.2, 0) is 35.2 Å². The van der Waals surface area contributed by atoms with E-state index in [1.807, 2.05) is 31.2 Å². The fourth-order valence-corrected chi connectivity index (χ4v) is 6.95. The van der Waals surface area contributed by atoms with Gasteiger partial charge >= 0.3 is 16.3 Å². The highest BCUT2D eigenvalue weighted by atomic mass is 35.5. The first-order valence-electron chi connectivity index (χ1n) is 13.2. The van der Waals surface area contributed by atoms with E-state index in [1.54, 1.807) is 0 Å². The predicted octanol–water partition coefficient (Wildman–Crippen LogP) is 2.67. The van der Waals surface area contributed by atoms with Crippen LogP contribution in [0.25, 0.3) is 0 Å². The molecule has 1 aliphatic heterocycles. The Morgan fingerprint density at radius 1 is 1.24 bits per heavy atom. The number of nitrogens with zero attached hydrogens (tertiary/aromatic N) is 2. The van der Waals surface area contributed by atoms with Crippen LogP contribution in [0, 0.1) is 12.8 Å². The summed E-state index contributed by atoms with van der Waals surface area (Å²) in [4.78, 5) is 35.5. The van der Waals surface area contributed by atoms with E-state index in [2.05, 4.69) is 15.3 Å². The molecular weight excluding hydrogens is 606 g/mol. The molecule has 1 aliphatic carbocycles. The van der Waals surface area contributed by atoms with E-state index in [1.165, 1.54) is 23.9 Å². The van der Waals surface area contributed by atoms with Gasteiger partial charge in [0.15, 0.2) is 0 Å². The molecule has 0 radical (unpaired) electrons. The molecule has 1 aromatic carbocycles. The monoisotopic (exact) mass is 635 g/mol. The molecule has 224 valence electrons. The van der Waals surface area contributed by atoms with E-state index in [4.69, 9.17) is 36.1 Å². The lowest BCUT2D eigenvalue weighted by Gasteiger charge is -2.26. The van der Waals surface area contributed by atoms with Crippen molar-refractivity contribution >= 4 is 50.8 Å². The Labute approximate surface area is 252 Å². The highest BCUT2D eigenvalue weighted by molar-refractivity contribution is 7.84. The third-order valence-electron chi connectivity index (χ3n) is 7.33. The van der Waals surface area contributed by atoms with Crippen molar-refractivity contribution in [3.8, 4) is 0 Å². The van der Waals surface area contributed by atoms with E-state index in [0.717, 1.165) is 28.0 Å². The molecule has 15 heteroatoms. The molecular formula is C27H30ClN5O7S2. The summed E-state index contributed by atoms with van der Waals surface area (Å²) >= 11 is 7.64. The quantitative estimate of drug-likeness (QED) is 0.220. The molecule has 2 aliphatic rings. The fraction of sp³-hybridized carbons (Fsp3) is 0.407. The summed E-state index contributed by atoms with van der Waals surface area (Å²) in [5.74, 6) is -1.07. The number of anilines is 1. The van der Waals surface area contributed by atoms with Crippen LogP contribution in [0.3, 0.4) is 0 Å². The second-order valence-electron chi connectivity index (χ2n) is 10.2. The Hall–Kier alpha value is -2.98. The highest BCUT2D eigenvalue weighted by Crippen LogP contribution is 2.39. The molecule has 0 amide bonds. The summed E-state index contributed by atoms with van der Waals surface area (Å²) in [6, 6.07) is 7.31. The van der Waals surface area contributed by atoms with Gasteiger partial charge in [0.25, 0.3) is 0 Å². The van der Waals surface area contributed by atoms with Crippen LogP contribution in [0.4, 0.5) is 5.82 Å². The number of hydrogen-bond donors (Lipinski definition) is 3. The smallest absolute Gasteiger partial charge is 0.333 e. The van der Waals surface area contributed by atoms with Crippen molar-refractivity contribution in [1.82, 2.24) is 9.97 Å². The number of rotatable bonds is 10. The molecule has 0 unspecified atom stereocenters. The minimum absolute atomic E-state index is 0.262. The number of ketones is 1. The van der Waals surface area contributed by atoms with Crippen LogP contribution in [0.5, 0.6) is 0 Å². The molecule has 3 heterocycles. The van der Waals surface area contributed by atoms with Gasteiger partial charge in [-0.15, -0.1) is 11.3 Å². The molecule has 12 nitrogen and oxygen atoms in total. The van der Waals surface area contributed by atoms with Gasteiger partial charge in [-0.05, 0) is 54.7 Å². The van der Waals surface area contributed by atoms with Crippen LogP contribution in [-0.4, -0.2) is 62.0 Å². The Bertz CT molecular complexity index is 1600. The number of halogens is 1. The van der Waals surface area contributed by atoms with Gasteiger partial charge in [0.05, 0.1) is 30.2 Å². The number of carbonyl (C=O) groups excluding carboxylic acids is 2. The summed E-state index contributed by atoms with van der Waals surface area (Å²) in [7, 11) is -4.19. The van der Waals surface area contributed by atoms with Crippen molar-refractivity contribution in [2.24, 2.45) is 16.8 Å². The Balaban J connectivity index is 1.36. The molecule has 1 fully saturated rings. The molecule has 1 saturated carbocycles. The zero-order chi connectivity index (χ0) is 30.0. The minimum atomic E-state index is -4.19. The van der Waals surface area contributed by atoms with Gasteiger partial charge < -0.3 is 20.5 Å². The fourth-order valence-electron chi connectivity index (χ4n) is 5.40. The number of ether oxygens (including phenoxy) is 2. The van der Waals surface area contributed by atoms with Gasteiger partial charge in [0.1, 0.15) is 24.4 Å². The maximum atomic E-state index is 13.8. The van der Waals surface area contributed by atoms with Crippen molar-refractivity contribution in [1.29, 1.82) is 0 Å². The van der Waals surface area contributed by atoms with Gasteiger partial charge in [0, 0.05) is 34.5 Å². The molecule has 2 aromatic heterocycles. The molecule has 4 atom stereocenters. The zero-order valence-electron chi connectivity index (χ0n) is 22.6. The third kappa shape index (κ3) is 6.97. The Morgan fingerprint density at radius 3 is 2.81 bits per heavy atom. The molecule has 0 saturated heterocycles. The van der Waals surface area contributed by atoms with Crippen LogP contribution < -0.4 is 16.2 Å². The summed E-state index contributed by atoms with van der Waals surface area (Å²) < 4.78 is 39.0. The number of nitrogens with one attached hydrogen (secondary N) is 1. The first kappa shape index (κ1) is 30.5. The zero-order valence-corrected chi connectivity index (χ0v) is 25.0. The first-order chi connectivity index (χ1) is 20.0. The van der Waals surface area contributed by atoms with E-state index < -0.39 is 28.3 Å². The molecule has 3 aromatic rings.